The maximum absolute atomic E-state index is 14.1. The second-order valence-corrected chi connectivity index (χ2v) is 4.97. The van der Waals surface area contributed by atoms with Crippen LogP contribution in [0.3, 0.4) is 0 Å². The normalized spacial score (nSPS) is 12.5. The molecule has 1 aromatic heterocycles. The molecule has 1 heterocycles. The van der Waals surface area contributed by atoms with Gasteiger partial charge in [-0.3, -0.25) is 10.8 Å². The Balaban J connectivity index is 2.55. The van der Waals surface area contributed by atoms with Gasteiger partial charge in [-0.05, 0) is 34.1 Å². The zero-order chi connectivity index (χ0) is 14.0. The lowest BCUT2D eigenvalue weighted by Gasteiger charge is -2.18. The zero-order valence-electron chi connectivity index (χ0n) is 9.50. The van der Waals surface area contributed by atoms with E-state index >= 15 is 0 Å². The average molecular weight is 349 g/mol. The van der Waals surface area contributed by atoms with E-state index in [1.165, 1.54) is 24.4 Å². The van der Waals surface area contributed by atoms with Crippen LogP contribution in [0.25, 0.3) is 0 Å². The summed E-state index contributed by atoms with van der Waals surface area (Å²) < 4.78 is 28.2. The van der Waals surface area contributed by atoms with Gasteiger partial charge in [0.1, 0.15) is 11.6 Å². The largest absolute Gasteiger partial charge is 0.271 e. The van der Waals surface area contributed by atoms with Crippen molar-refractivity contribution in [3.63, 3.8) is 0 Å². The standard InChI is InChI=1S/C12H9BrClF2N3/c13-7-4-3-6(10(16)9(7)14)11(19-17)12-8(15)2-1-5-18-12/h1-5,11,19H,17H2. The van der Waals surface area contributed by atoms with Gasteiger partial charge in [0.15, 0.2) is 0 Å². The van der Waals surface area contributed by atoms with Crippen molar-refractivity contribution in [2.24, 2.45) is 5.84 Å². The first kappa shape index (κ1) is 14.3. The van der Waals surface area contributed by atoms with Crippen LogP contribution in [0.5, 0.6) is 0 Å². The topological polar surface area (TPSA) is 50.9 Å². The summed E-state index contributed by atoms with van der Waals surface area (Å²) in [5, 5.41) is -0.0888. The second-order valence-electron chi connectivity index (χ2n) is 3.73. The third-order valence-corrected chi connectivity index (χ3v) is 3.86. The van der Waals surface area contributed by atoms with Gasteiger partial charge in [0.05, 0.1) is 16.8 Å². The van der Waals surface area contributed by atoms with Crippen molar-refractivity contribution in [3.8, 4) is 0 Å². The smallest absolute Gasteiger partial charge is 0.148 e. The molecule has 0 aliphatic carbocycles. The lowest BCUT2D eigenvalue weighted by Crippen LogP contribution is -2.31. The molecule has 7 heteroatoms. The summed E-state index contributed by atoms with van der Waals surface area (Å²) in [6.45, 7) is 0. The van der Waals surface area contributed by atoms with E-state index in [1.807, 2.05) is 0 Å². The fraction of sp³-hybridized carbons (Fsp3) is 0.0833. The summed E-state index contributed by atoms with van der Waals surface area (Å²) in [6.07, 6.45) is 1.40. The van der Waals surface area contributed by atoms with Gasteiger partial charge in [0.2, 0.25) is 0 Å². The van der Waals surface area contributed by atoms with E-state index in [0.717, 1.165) is 0 Å². The number of hydrazine groups is 1. The van der Waals surface area contributed by atoms with E-state index < -0.39 is 17.7 Å². The molecular weight excluding hydrogens is 340 g/mol. The Morgan fingerprint density at radius 2 is 2.05 bits per heavy atom. The van der Waals surface area contributed by atoms with Crippen molar-refractivity contribution in [2.75, 3.05) is 0 Å². The summed E-state index contributed by atoms with van der Waals surface area (Å²) >= 11 is 8.92. The highest BCUT2D eigenvalue weighted by Gasteiger charge is 2.23. The van der Waals surface area contributed by atoms with E-state index in [0.29, 0.717) is 4.47 Å². The van der Waals surface area contributed by atoms with Crippen molar-refractivity contribution in [2.45, 2.75) is 6.04 Å². The summed E-state index contributed by atoms with van der Waals surface area (Å²) in [5.41, 5.74) is 2.47. The number of pyridine rings is 1. The number of nitrogens with two attached hydrogens (primary N) is 1. The van der Waals surface area contributed by atoms with E-state index in [1.54, 1.807) is 6.07 Å². The molecule has 2 aromatic rings. The fourth-order valence-corrected chi connectivity index (χ4v) is 2.17. The molecule has 0 spiro atoms. The van der Waals surface area contributed by atoms with Crippen molar-refractivity contribution in [3.05, 3.63) is 62.8 Å². The minimum absolute atomic E-state index is 0.00212. The molecule has 0 aliphatic rings. The fourth-order valence-electron chi connectivity index (χ4n) is 1.69. The molecule has 100 valence electrons. The first-order chi connectivity index (χ1) is 9.06. The van der Waals surface area contributed by atoms with Crippen LogP contribution in [-0.2, 0) is 0 Å². The minimum Gasteiger partial charge on any atom is -0.271 e. The van der Waals surface area contributed by atoms with Crippen molar-refractivity contribution in [1.29, 1.82) is 0 Å². The maximum atomic E-state index is 14.1. The third-order valence-electron chi connectivity index (χ3n) is 2.60. The Labute approximate surface area is 121 Å². The quantitative estimate of drug-likeness (QED) is 0.508. The Hall–Kier alpha value is -1.08. The molecule has 3 nitrogen and oxygen atoms in total. The average Bonchev–Trinajstić information content (AvgIpc) is 2.41. The number of rotatable bonds is 3. The van der Waals surface area contributed by atoms with Crippen molar-refractivity contribution in [1.82, 2.24) is 10.4 Å². The molecule has 3 N–H and O–H groups in total. The second kappa shape index (κ2) is 5.92. The van der Waals surface area contributed by atoms with Crippen molar-refractivity contribution < 1.29 is 8.78 Å². The molecule has 1 atom stereocenters. The predicted molar refractivity (Wildman–Crippen MR) is 72.5 cm³/mol. The molecule has 1 unspecified atom stereocenters. The van der Waals surface area contributed by atoms with Crippen molar-refractivity contribution >= 4 is 27.5 Å². The molecule has 0 bridgehead atoms. The van der Waals surface area contributed by atoms with Crippen LogP contribution in [0.1, 0.15) is 17.3 Å². The Morgan fingerprint density at radius 1 is 1.32 bits per heavy atom. The Morgan fingerprint density at radius 3 is 2.68 bits per heavy atom. The molecule has 0 fully saturated rings. The van der Waals surface area contributed by atoms with Crippen LogP contribution < -0.4 is 11.3 Å². The third kappa shape index (κ3) is 2.76. The van der Waals surface area contributed by atoms with E-state index in [9.17, 15) is 8.78 Å². The number of benzene rings is 1. The maximum Gasteiger partial charge on any atom is 0.148 e. The van der Waals surface area contributed by atoms with Gasteiger partial charge >= 0.3 is 0 Å². The molecular formula is C12H9BrClF2N3. The molecule has 0 radical (unpaired) electrons. The first-order valence-corrected chi connectivity index (χ1v) is 6.43. The Bertz CT molecular complexity index is 610. The number of nitrogens with zero attached hydrogens (tertiary/aromatic N) is 1. The van der Waals surface area contributed by atoms with Crippen LogP contribution in [0.4, 0.5) is 8.78 Å². The number of halogens is 4. The van der Waals surface area contributed by atoms with Gasteiger partial charge in [0.25, 0.3) is 0 Å². The van der Waals surface area contributed by atoms with E-state index in [2.05, 4.69) is 26.3 Å². The number of hydrogen-bond acceptors (Lipinski definition) is 3. The highest BCUT2D eigenvalue weighted by Crippen LogP contribution is 2.32. The highest BCUT2D eigenvalue weighted by molar-refractivity contribution is 9.10. The monoisotopic (exact) mass is 347 g/mol. The van der Waals surface area contributed by atoms with Gasteiger partial charge in [-0.25, -0.2) is 14.2 Å². The summed E-state index contributed by atoms with van der Waals surface area (Å²) in [4.78, 5) is 3.88. The number of nitrogens with one attached hydrogen (secondary N) is 1. The van der Waals surface area contributed by atoms with Gasteiger partial charge in [-0.1, -0.05) is 17.7 Å². The van der Waals surface area contributed by atoms with Gasteiger partial charge < -0.3 is 0 Å². The first-order valence-electron chi connectivity index (χ1n) is 5.26. The highest BCUT2D eigenvalue weighted by atomic mass is 79.9. The predicted octanol–water partition coefficient (Wildman–Crippen LogP) is 3.33. The van der Waals surface area contributed by atoms with Crippen LogP contribution in [0.15, 0.2) is 34.9 Å². The number of hydrogen-bond donors (Lipinski definition) is 2. The van der Waals surface area contributed by atoms with E-state index in [-0.39, 0.29) is 16.3 Å². The van der Waals surface area contributed by atoms with Crippen LogP contribution >= 0.6 is 27.5 Å². The minimum atomic E-state index is -0.924. The molecule has 19 heavy (non-hydrogen) atoms. The lowest BCUT2D eigenvalue weighted by atomic mass is 10.0. The van der Waals surface area contributed by atoms with Gasteiger partial charge in [0, 0.05) is 16.2 Å². The van der Waals surface area contributed by atoms with Gasteiger partial charge in [-0.15, -0.1) is 0 Å². The number of aromatic nitrogens is 1. The van der Waals surface area contributed by atoms with Gasteiger partial charge in [-0.2, -0.15) is 0 Å². The summed E-state index contributed by atoms with van der Waals surface area (Å²) in [5.74, 6) is 4.13. The zero-order valence-corrected chi connectivity index (χ0v) is 11.8. The molecule has 0 aliphatic heterocycles. The van der Waals surface area contributed by atoms with Crippen LogP contribution in [-0.4, -0.2) is 4.98 Å². The molecule has 0 saturated carbocycles. The molecule has 0 saturated heterocycles. The summed E-state index contributed by atoms with van der Waals surface area (Å²) in [7, 11) is 0. The van der Waals surface area contributed by atoms with Crippen LogP contribution in [0, 0.1) is 11.6 Å². The van der Waals surface area contributed by atoms with Crippen LogP contribution in [0.2, 0.25) is 5.02 Å². The molecule has 2 rings (SSSR count). The Kier molecular flexibility index (Phi) is 4.46. The molecule has 1 aromatic carbocycles. The molecule has 0 amide bonds. The SMILES string of the molecule is NNC(c1ccc(Br)c(Cl)c1F)c1ncccc1F. The summed E-state index contributed by atoms with van der Waals surface area (Å²) in [6, 6.07) is 4.77. The lowest BCUT2D eigenvalue weighted by molar-refractivity contribution is 0.518. The van der Waals surface area contributed by atoms with E-state index in [4.69, 9.17) is 17.4 Å².